The molecule has 0 radical (unpaired) electrons. The van der Waals surface area contributed by atoms with Gasteiger partial charge in [-0.15, -0.1) is 0 Å². The zero-order chi connectivity index (χ0) is 19.0. The van der Waals surface area contributed by atoms with Crippen LogP contribution < -0.4 is 0 Å². The van der Waals surface area contributed by atoms with Crippen LogP contribution >= 0.6 is 0 Å². The molecule has 4 rings (SSSR count). The number of aromatic nitrogens is 1. The Balaban J connectivity index is 2.00. The largest absolute Gasteiger partial charge is 0.287 e. The van der Waals surface area contributed by atoms with E-state index in [0.717, 1.165) is 9.54 Å². The third kappa shape index (κ3) is 2.96. The van der Waals surface area contributed by atoms with Crippen molar-refractivity contribution >= 4 is 26.7 Å². The minimum absolute atomic E-state index is 0.130. The summed E-state index contributed by atoms with van der Waals surface area (Å²) in [5, 5.41) is 0.702. The van der Waals surface area contributed by atoms with E-state index >= 15 is 0 Å². The summed E-state index contributed by atoms with van der Waals surface area (Å²) in [7, 11) is -3.92. The molecule has 0 bridgehead atoms. The van der Waals surface area contributed by atoms with Gasteiger partial charge in [0.25, 0.3) is 10.0 Å². The molecule has 0 unspecified atom stereocenters. The van der Waals surface area contributed by atoms with Gasteiger partial charge in [-0.25, -0.2) is 12.4 Å². The van der Waals surface area contributed by atoms with E-state index in [-0.39, 0.29) is 16.4 Å². The monoisotopic (exact) mass is 375 g/mol. The van der Waals surface area contributed by atoms with Crippen LogP contribution in [0.1, 0.15) is 21.6 Å². The number of fused-ring (bicyclic) bond motifs is 1. The zero-order valence-electron chi connectivity index (χ0n) is 14.7. The Morgan fingerprint density at radius 3 is 2.26 bits per heavy atom. The van der Waals surface area contributed by atoms with Gasteiger partial charge in [0, 0.05) is 10.9 Å². The molecule has 0 atom stereocenters. The second-order valence-corrected chi connectivity index (χ2v) is 8.16. The quantitative estimate of drug-likeness (QED) is 0.496. The van der Waals surface area contributed by atoms with Crippen LogP contribution in [0.15, 0.2) is 89.8 Å². The molecular weight excluding hydrogens is 358 g/mol. The predicted molar refractivity (Wildman–Crippen MR) is 106 cm³/mol. The summed E-state index contributed by atoms with van der Waals surface area (Å²) in [5.41, 5.74) is 2.01. The van der Waals surface area contributed by atoms with Crippen molar-refractivity contribution in [3.63, 3.8) is 0 Å². The van der Waals surface area contributed by atoms with Gasteiger partial charge >= 0.3 is 0 Å². The lowest BCUT2D eigenvalue weighted by Crippen LogP contribution is -2.19. The van der Waals surface area contributed by atoms with Gasteiger partial charge < -0.3 is 0 Å². The van der Waals surface area contributed by atoms with Gasteiger partial charge in [-0.05, 0) is 37.3 Å². The number of hydrogen-bond donors (Lipinski definition) is 0. The van der Waals surface area contributed by atoms with Gasteiger partial charge in [-0.3, -0.25) is 4.79 Å². The number of hydrogen-bond acceptors (Lipinski definition) is 3. The molecule has 4 nitrogen and oxygen atoms in total. The van der Waals surface area contributed by atoms with Crippen molar-refractivity contribution in [3.05, 3.63) is 102 Å². The Hall–Kier alpha value is -3.18. The molecule has 0 spiro atoms. The van der Waals surface area contributed by atoms with E-state index in [1.165, 1.54) is 12.1 Å². The fourth-order valence-electron chi connectivity index (χ4n) is 3.18. The molecule has 0 N–H and O–H groups in total. The summed E-state index contributed by atoms with van der Waals surface area (Å²) in [6.07, 6.45) is 0. The van der Waals surface area contributed by atoms with Crippen LogP contribution in [0.5, 0.6) is 0 Å². The standard InChI is InChI=1S/C22H17NO3S/c1-16-8-7-10-18(14-16)22(24)21-15-17-9-5-6-13-20(17)23(21)27(25,26)19-11-3-2-4-12-19/h2-15H,1H3. The van der Waals surface area contributed by atoms with Gasteiger partial charge in [0.05, 0.1) is 10.4 Å². The lowest BCUT2D eigenvalue weighted by molar-refractivity contribution is 0.103. The van der Waals surface area contributed by atoms with Crippen LogP contribution in [0.4, 0.5) is 0 Å². The van der Waals surface area contributed by atoms with Gasteiger partial charge in [0.15, 0.2) is 0 Å². The van der Waals surface area contributed by atoms with E-state index < -0.39 is 10.0 Å². The van der Waals surface area contributed by atoms with Crippen LogP contribution in [0.3, 0.4) is 0 Å². The fraction of sp³-hybridized carbons (Fsp3) is 0.0455. The molecular formula is C22H17NO3S. The van der Waals surface area contributed by atoms with Crippen LogP contribution in [0.2, 0.25) is 0 Å². The second kappa shape index (κ2) is 6.52. The number of aryl methyl sites for hydroxylation is 1. The first-order chi connectivity index (χ1) is 13.0. The highest BCUT2D eigenvalue weighted by molar-refractivity contribution is 7.90. The zero-order valence-corrected chi connectivity index (χ0v) is 15.5. The van der Waals surface area contributed by atoms with E-state index in [0.29, 0.717) is 16.5 Å². The van der Waals surface area contributed by atoms with Crippen LogP contribution in [0.25, 0.3) is 10.9 Å². The van der Waals surface area contributed by atoms with E-state index in [9.17, 15) is 13.2 Å². The average Bonchev–Trinajstić information content (AvgIpc) is 3.08. The molecule has 0 aliphatic rings. The maximum Gasteiger partial charge on any atom is 0.268 e. The number of carbonyl (C=O) groups excluding carboxylic acids is 1. The summed E-state index contributed by atoms with van der Waals surface area (Å²) >= 11 is 0. The van der Waals surface area contributed by atoms with E-state index in [1.807, 2.05) is 19.1 Å². The molecule has 0 amide bonds. The summed E-state index contributed by atoms with van der Waals surface area (Å²) in [5.74, 6) is -0.325. The highest BCUT2D eigenvalue weighted by Gasteiger charge is 2.26. The Bertz CT molecular complexity index is 1260. The van der Waals surface area contributed by atoms with E-state index in [4.69, 9.17) is 0 Å². The Morgan fingerprint density at radius 1 is 0.815 bits per heavy atom. The van der Waals surface area contributed by atoms with Crippen LogP contribution in [-0.4, -0.2) is 18.2 Å². The van der Waals surface area contributed by atoms with Crippen molar-refractivity contribution in [3.8, 4) is 0 Å². The predicted octanol–water partition coefficient (Wildman–Crippen LogP) is 4.42. The van der Waals surface area contributed by atoms with Crippen molar-refractivity contribution in [1.29, 1.82) is 0 Å². The topological polar surface area (TPSA) is 56.1 Å². The molecule has 27 heavy (non-hydrogen) atoms. The van der Waals surface area contributed by atoms with Gasteiger partial charge in [0.1, 0.15) is 5.69 Å². The fourth-order valence-corrected chi connectivity index (χ4v) is 4.71. The normalized spacial score (nSPS) is 11.6. The molecule has 4 aromatic rings. The number of carbonyl (C=O) groups is 1. The maximum absolute atomic E-state index is 13.3. The Morgan fingerprint density at radius 2 is 1.52 bits per heavy atom. The van der Waals surface area contributed by atoms with Crippen molar-refractivity contribution in [2.24, 2.45) is 0 Å². The van der Waals surface area contributed by atoms with Crippen molar-refractivity contribution in [2.45, 2.75) is 11.8 Å². The summed E-state index contributed by atoms with van der Waals surface area (Å²) < 4.78 is 27.8. The van der Waals surface area contributed by atoms with Crippen molar-refractivity contribution < 1.29 is 13.2 Å². The van der Waals surface area contributed by atoms with Crippen LogP contribution in [0, 0.1) is 6.92 Å². The molecule has 134 valence electrons. The molecule has 3 aromatic carbocycles. The number of benzene rings is 3. The number of para-hydroxylation sites is 1. The van der Waals surface area contributed by atoms with Crippen LogP contribution in [-0.2, 0) is 10.0 Å². The van der Waals surface area contributed by atoms with Crippen molar-refractivity contribution in [2.75, 3.05) is 0 Å². The molecule has 0 aliphatic carbocycles. The lowest BCUT2D eigenvalue weighted by atomic mass is 10.1. The smallest absolute Gasteiger partial charge is 0.268 e. The summed E-state index contributed by atoms with van der Waals surface area (Å²) in [6.45, 7) is 1.90. The second-order valence-electron chi connectivity index (χ2n) is 6.37. The molecule has 0 saturated heterocycles. The Labute approximate surface area is 157 Å². The van der Waals surface area contributed by atoms with Gasteiger partial charge in [-0.1, -0.05) is 60.2 Å². The minimum Gasteiger partial charge on any atom is -0.287 e. The molecule has 0 aliphatic heterocycles. The minimum atomic E-state index is -3.92. The summed E-state index contributed by atoms with van der Waals surface area (Å²) in [6, 6.07) is 24.1. The maximum atomic E-state index is 13.3. The highest BCUT2D eigenvalue weighted by Crippen LogP contribution is 2.27. The third-order valence-corrected chi connectivity index (χ3v) is 6.20. The Kier molecular flexibility index (Phi) is 4.16. The molecule has 0 fully saturated rings. The number of nitrogens with zero attached hydrogens (tertiary/aromatic N) is 1. The SMILES string of the molecule is Cc1cccc(C(=O)c2cc3ccccc3n2S(=O)(=O)c2ccccc2)c1. The first kappa shape index (κ1) is 17.2. The van der Waals surface area contributed by atoms with Gasteiger partial charge in [0.2, 0.25) is 5.78 Å². The first-order valence-corrected chi connectivity index (χ1v) is 9.95. The molecule has 1 heterocycles. The van der Waals surface area contributed by atoms with E-state index in [2.05, 4.69) is 0 Å². The third-order valence-electron chi connectivity index (χ3n) is 4.46. The van der Waals surface area contributed by atoms with Gasteiger partial charge in [-0.2, -0.15) is 0 Å². The molecule has 1 aromatic heterocycles. The number of ketones is 1. The lowest BCUT2D eigenvalue weighted by Gasteiger charge is -2.12. The van der Waals surface area contributed by atoms with Crippen molar-refractivity contribution in [1.82, 2.24) is 3.97 Å². The number of rotatable bonds is 4. The first-order valence-electron chi connectivity index (χ1n) is 8.51. The van der Waals surface area contributed by atoms with E-state index in [1.54, 1.807) is 60.7 Å². The molecule has 5 heteroatoms. The average molecular weight is 375 g/mol. The summed E-state index contributed by atoms with van der Waals surface area (Å²) in [4.78, 5) is 13.3. The molecule has 0 saturated carbocycles. The highest BCUT2D eigenvalue weighted by atomic mass is 32.2.